The first-order valence-corrected chi connectivity index (χ1v) is 8.89. The summed E-state index contributed by atoms with van der Waals surface area (Å²) in [6, 6.07) is 4.72. The van der Waals surface area contributed by atoms with Crippen LogP contribution in [0.3, 0.4) is 0 Å². The van der Waals surface area contributed by atoms with Crippen LogP contribution in [0.15, 0.2) is 18.2 Å². The minimum absolute atomic E-state index is 0.198. The maximum atomic E-state index is 13.1. The SMILES string of the molecule is Cc1ccc(CC(CS(=O)(=O)F)NC(=O)OC(C)(C)C)cc1C. The summed E-state index contributed by atoms with van der Waals surface area (Å²) in [6.45, 7) is 8.97. The van der Waals surface area contributed by atoms with Gasteiger partial charge in [0.15, 0.2) is 0 Å². The Morgan fingerprint density at radius 3 is 2.35 bits per heavy atom. The van der Waals surface area contributed by atoms with Crippen molar-refractivity contribution in [2.24, 2.45) is 0 Å². The normalized spacial score (nSPS) is 13.5. The lowest BCUT2D eigenvalue weighted by Gasteiger charge is -2.23. The van der Waals surface area contributed by atoms with Crippen LogP contribution in [0.1, 0.15) is 37.5 Å². The molecular weight excluding hydrogens is 321 g/mol. The summed E-state index contributed by atoms with van der Waals surface area (Å²) >= 11 is 0. The van der Waals surface area contributed by atoms with Crippen molar-refractivity contribution in [3.8, 4) is 0 Å². The summed E-state index contributed by atoms with van der Waals surface area (Å²) in [5.41, 5.74) is 2.24. The summed E-state index contributed by atoms with van der Waals surface area (Å²) in [7, 11) is -4.72. The van der Waals surface area contributed by atoms with Crippen molar-refractivity contribution in [1.82, 2.24) is 5.32 Å². The summed E-state index contributed by atoms with van der Waals surface area (Å²) in [5, 5.41) is 2.43. The molecule has 1 unspecified atom stereocenters. The molecule has 23 heavy (non-hydrogen) atoms. The van der Waals surface area contributed by atoms with Crippen LogP contribution >= 0.6 is 0 Å². The fraction of sp³-hybridized carbons (Fsp3) is 0.562. The number of rotatable bonds is 5. The van der Waals surface area contributed by atoms with Crippen LogP contribution in [-0.2, 0) is 21.4 Å². The molecule has 130 valence electrons. The van der Waals surface area contributed by atoms with Gasteiger partial charge in [-0.2, -0.15) is 8.42 Å². The number of benzene rings is 1. The molecule has 0 saturated heterocycles. The molecule has 7 heteroatoms. The third kappa shape index (κ3) is 7.97. The van der Waals surface area contributed by atoms with Gasteiger partial charge >= 0.3 is 16.3 Å². The Morgan fingerprint density at radius 2 is 1.87 bits per heavy atom. The van der Waals surface area contributed by atoms with E-state index in [4.69, 9.17) is 4.74 Å². The molecule has 1 aromatic carbocycles. The number of hydrogen-bond donors (Lipinski definition) is 1. The van der Waals surface area contributed by atoms with E-state index in [-0.39, 0.29) is 6.42 Å². The van der Waals surface area contributed by atoms with E-state index >= 15 is 0 Å². The van der Waals surface area contributed by atoms with Crippen LogP contribution < -0.4 is 5.32 Å². The number of aryl methyl sites for hydroxylation is 2. The number of carbonyl (C=O) groups is 1. The molecule has 1 atom stereocenters. The lowest BCUT2D eigenvalue weighted by atomic mass is 10.0. The second-order valence-corrected chi connectivity index (χ2v) is 8.08. The molecule has 0 heterocycles. The average Bonchev–Trinajstić information content (AvgIpc) is 2.29. The molecule has 1 rings (SSSR count). The Kier molecular flexibility index (Phi) is 6.16. The van der Waals surface area contributed by atoms with Crippen molar-refractivity contribution < 1.29 is 21.8 Å². The smallest absolute Gasteiger partial charge is 0.407 e. The van der Waals surface area contributed by atoms with Gasteiger partial charge in [-0.3, -0.25) is 0 Å². The third-order valence-corrected chi connectivity index (χ3v) is 3.98. The highest BCUT2D eigenvalue weighted by molar-refractivity contribution is 7.86. The van der Waals surface area contributed by atoms with Crippen molar-refractivity contribution in [3.05, 3.63) is 34.9 Å². The quantitative estimate of drug-likeness (QED) is 0.833. The molecule has 0 bridgehead atoms. The Hall–Kier alpha value is -1.63. The largest absolute Gasteiger partial charge is 0.444 e. The highest BCUT2D eigenvalue weighted by atomic mass is 32.3. The first-order valence-electron chi connectivity index (χ1n) is 7.34. The zero-order valence-electron chi connectivity index (χ0n) is 14.1. The maximum absolute atomic E-state index is 13.1. The number of ether oxygens (including phenoxy) is 1. The first kappa shape index (κ1) is 19.4. The minimum atomic E-state index is -4.72. The van der Waals surface area contributed by atoms with Gasteiger partial charge in [-0.25, -0.2) is 4.79 Å². The molecule has 0 radical (unpaired) electrons. The Bertz CT molecular complexity index is 665. The zero-order chi connectivity index (χ0) is 17.8. The Labute approximate surface area is 137 Å². The molecule has 1 aromatic rings. The fourth-order valence-electron chi connectivity index (χ4n) is 2.08. The molecule has 5 nitrogen and oxygen atoms in total. The Balaban J connectivity index is 2.87. The van der Waals surface area contributed by atoms with E-state index in [9.17, 15) is 17.1 Å². The first-order chi connectivity index (χ1) is 10.4. The molecule has 0 aromatic heterocycles. The molecule has 0 aliphatic carbocycles. The number of alkyl carbamates (subject to hydrolysis) is 1. The monoisotopic (exact) mass is 345 g/mol. The summed E-state index contributed by atoms with van der Waals surface area (Å²) in [4.78, 5) is 11.8. The molecule has 1 amide bonds. The minimum Gasteiger partial charge on any atom is -0.444 e. The topological polar surface area (TPSA) is 72.5 Å². The van der Waals surface area contributed by atoms with Crippen molar-refractivity contribution in [2.45, 2.75) is 52.7 Å². The van der Waals surface area contributed by atoms with Gasteiger partial charge in [0.25, 0.3) is 0 Å². The van der Waals surface area contributed by atoms with E-state index in [0.717, 1.165) is 16.7 Å². The Morgan fingerprint density at radius 1 is 1.26 bits per heavy atom. The van der Waals surface area contributed by atoms with E-state index in [0.29, 0.717) is 0 Å². The number of amides is 1. The number of halogens is 1. The van der Waals surface area contributed by atoms with E-state index in [1.54, 1.807) is 20.8 Å². The predicted octanol–water partition coefficient (Wildman–Crippen LogP) is 3.04. The molecular formula is C16H24FNO4S. The van der Waals surface area contributed by atoms with E-state index in [1.807, 2.05) is 32.0 Å². The summed E-state index contributed by atoms with van der Waals surface area (Å²) in [5.74, 6) is -0.792. The highest BCUT2D eigenvalue weighted by Crippen LogP contribution is 2.14. The number of nitrogens with one attached hydrogen (secondary N) is 1. The number of carbonyl (C=O) groups excluding carboxylic acids is 1. The van der Waals surface area contributed by atoms with Crippen molar-refractivity contribution in [3.63, 3.8) is 0 Å². The van der Waals surface area contributed by atoms with Gasteiger partial charge in [0, 0.05) is 0 Å². The maximum Gasteiger partial charge on any atom is 0.407 e. The standard InChI is InChI=1S/C16H24FNO4S/c1-11-6-7-13(8-12(11)2)9-14(10-23(17,20)21)18-15(19)22-16(3,4)5/h6-8,14H,9-10H2,1-5H3,(H,18,19). The predicted molar refractivity (Wildman–Crippen MR) is 87.7 cm³/mol. The van der Waals surface area contributed by atoms with Gasteiger partial charge < -0.3 is 10.1 Å². The number of hydrogen-bond acceptors (Lipinski definition) is 4. The second kappa shape index (κ2) is 7.29. The van der Waals surface area contributed by atoms with Gasteiger partial charge in [-0.05, 0) is 57.7 Å². The van der Waals surface area contributed by atoms with E-state index < -0.39 is 33.7 Å². The molecule has 0 fully saturated rings. The van der Waals surface area contributed by atoms with E-state index in [1.165, 1.54) is 0 Å². The van der Waals surface area contributed by atoms with Gasteiger partial charge in [0.05, 0.1) is 6.04 Å². The lowest BCUT2D eigenvalue weighted by molar-refractivity contribution is 0.0509. The third-order valence-electron chi connectivity index (χ3n) is 3.17. The molecule has 0 aliphatic rings. The molecule has 1 N–H and O–H groups in total. The van der Waals surface area contributed by atoms with Crippen LogP contribution in [0.25, 0.3) is 0 Å². The van der Waals surface area contributed by atoms with Crippen LogP contribution in [0.5, 0.6) is 0 Å². The van der Waals surface area contributed by atoms with Crippen molar-refractivity contribution in [2.75, 3.05) is 5.75 Å². The van der Waals surface area contributed by atoms with Crippen LogP contribution in [0.4, 0.5) is 8.68 Å². The van der Waals surface area contributed by atoms with E-state index in [2.05, 4.69) is 5.32 Å². The van der Waals surface area contributed by atoms with Crippen molar-refractivity contribution >= 4 is 16.3 Å². The van der Waals surface area contributed by atoms with Crippen LogP contribution in [0, 0.1) is 13.8 Å². The molecule has 0 saturated carbocycles. The van der Waals surface area contributed by atoms with Gasteiger partial charge in [-0.15, -0.1) is 3.89 Å². The van der Waals surface area contributed by atoms with Gasteiger partial charge in [0.1, 0.15) is 11.4 Å². The summed E-state index contributed by atoms with van der Waals surface area (Å²) < 4.78 is 40.1. The molecule has 0 aliphatic heterocycles. The van der Waals surface area contributed by atoms with Gasteiger partial charge in [0.2, 0.25) is 0 Å². The summed E-state index contributed by atoms with van der Waals surface area (Å²) in [6.07, 6.45) is -0.571. The lowest BCUT2D eigenvalue weighted by Crippen LogP contribution is -2.43. The van der Waals surface area contributed by atoms with Gasteiger partial charge in [-0.1, -0.05) is 18.2 Å². The molecule has 0 spiro atoms. The zero-order valence-corrected chi connectivity index (χ0v) is 15.0. The average molecular weight is 345 g/mol. The van der Waals surface area contributed by atoms with Crippen LogP contribution in [0.2, 0.25) is 0 Å². The second-order valence-electron chi connectivity index (χ2n) is 6.67. The fourth-order valence-corrected chi connectivity index (χ4v) is 2.76. The van der Waals surface area contributed by atoms with Crippen LogP contribution in [-0.4, -0.2) is 31.9 Å². The van der Waals surface area contributed by atoms with Crippen molar-refractivity contribution in [1.29, 1.82) is 0 Å². The highest BCUT2D eigenvalue weighted by Gasteiger charge is 2.24.